The van der Waals surface area contributed by atoms with Crippen LogP contribution in [0.3, 0.4) is 0 Å². The molecule has 21 heavy (non-hydrogen) atoms. The number of hydrogen-bond donors (Lipinski definition) is 0. The van der Waals surface area contributed by atoms with E-state index in [1.807, 2.05) is 24.4 Å². The molecule has 0 unspecified atom stereocenters. The molecule has 0 atom stereocenters. The minimum Gasteiger partial charge on any atom is -0.493 e. The highest BCUT2D eigenvalue weighted by atomic mass is 32.1. The van der Waals surface area contributed by atoms with E-state index in [1.54, 1.807) is 29.5 Å². The van der Waals surface area contributed by atoms with Crippen LogP contribution in [0, 0.1) is 18.3 Å². The Bertz CT molecular complexity index is 725. The van der Waals surface area contributed by atoms with E-state index >= 15 is 0 Å². The van der Waals surface area contributed by atoms with Crippen LogP contribution in [0.4, 0.5) is 0 Å². The molecule has 0 aliphatic carbocycles. The Labute approximate surface area is 126 Å². The Morgan fingerprint density at radius 1 is 1.33 bits per heavy atom. The number of methoxy groups -OCH3 is 1. The quantitative estimate of drug-likeness (QED) is 0.492. The third kappa shape index (κ3) is 3.71. The van der Waals surface area contributed by atoms with Crippen molar-refractivity contribution in [3.63, 3.8) is 0 Å². The molecule has 0 fully saturated rings. The molecule has 0 amide bonds. The Balaban J connectivity index is 2.11. The lowest BCUT2D eigenvalue weighted by atomic mass is 10.2. The number of carbonyl (C=O) groups excluding carboxylic acids is 1. The number of ether oxygens (including phenoxy) is 2. The second-order valence-electron chi connectivity index (χ2n) is 4.20. The van der Waals surface area contributed by atoms with E-state index in [0.717, 1.165) is 10.4 Å². The van der Waals surface area contributed by atoms with Crippen LogP contribution in [0.5, 0.6) is 11.5 Å². The number of hydrogen-bond acceptors (Lipinski definition) is 5. The van der Waals surface area contributed by atoms with E-state index in [-0.39, 0.29) is 5.75 Å². The Kier molecular flexibility index (Phi) is 4.75. The molecule has 0 radical (unpaired) electrons. The van der Waals surface area contributed by atoms with E-state index in [4.69, 9.17) is 14.7 Å². The van der Waals surface area contributed by atoms with Crippen molar-refractivity contribution in [3.8, 4) is 17.6 Å². The number of aryl methyl sites for hydroxylation is 1. The second kappa shape index (κ2) is 6.73. The van der Waals surface area contributed by atoms with Crippen LogP contribution >= 0.6 is 11.3 Å². The van der Waals surface area contributed by atoms with E-state index in [9.17, 15) is 4.79 Å². The molecule has 5 heteroatoms. The maximum atomic E-state index is 11.8. The molecule has 1 aromatic heterocycles. The summed E-state index contributed by atoms with van der Waals surface area (Å²) in [7, 11) is 1.46. The molecule has 0 saturated carbocycles. The maximum Gasteiger partial charge on any atom is 0.336 e. The number of nitrogens with zero attached hydrogens (tertiary/aromatic N) is 1. The van der Waals surface area contributed by atoms with Crippen molar-refractivity contribution in [1.82, 2.24) is 0 Å². The SMILES string of the molecule is COc1cc(C#N)ccc1OC(=O)/C=C/c1sccc1C. The lowest BCUT2D eigenvalue weighted by Gasteiger charge is -2.07. The van der Waals surface area contributed by atoms with E-state index in [1.165, 1.54) is 19.3 Å². The summed E-state index contributed by atoms with van der Waals surface area (Å²) < 4.78 is 10.3. The number of thiophene rings is 1. The summed E-state index contributed by atoms with van der Waals surface area (Å²) in [6.07, 6.45) is 3.09. The van der Waals surface area contributed by atoms with Crippen molar-refractivity contribution in [2.45, 2.75) is 6.92 Å². The summed E-state index contributed by atoms with van der Waals surface area (Å²) in [6.45, 7) is 1.98. The van der Waals surface area contributed by atoms with Crippen LogP contribution in [0.25, 0.3) is 6.08 Å². The number of benzene rings is 1. The average molecular weight is 299 g/mol. The molecule has 1 heterocycles. The summed E-state index contributed by atoms with van der Waals surface area (Å²) in [5.41, 5.74) is 1.55. The van der Waals surface area contributed by atoms with Crippen LogP contribution in [-0.4, -0.2) is 13.1 Å². The lowest BCUT2D eigenvalue weighted by Crippen LogP contribution is -2.05. The molecule has 1 aromatic carbocycles. The monoisotopic (exact) mass is 299 g/mol. The van der Waals surface area contributed by atoms with Gasteiger partial charge in [-0.15, -0.1) is 11.3 Å². The highest BCUT2D eigenvalue weighted by Crippen LogP contribution is 2.28. The summed E-state index contributed by atoms with van der Waals surface area (Å²) in [6, 6.07) is 8.62. The Morgan fingerprint density at radius 3 is 2.76 bits per heavy atom. The minimum atomic E-state index is -0.495. The van der Waals surface area contributed by atoms with Gasteiger partial charge in [-0.1, -0.05) is 0 Å². The first-order chi connectivity index (χ1) is 10.1. The standard InChI is InChI=1S/C16H13NO3S/c1-11-7-8-21-15(11)5-6-16(18)20-13-4-3-12(10-17)9-14(13)19-2/h3-9H,1-2H3/b6-5+. The van der Waals surface area contributed by atoms with E-state index in [0.29, 0.717) is 11.3 Å². The van der Waals surface area contributed by atoms with Gasteiger partial charge in [0.2, 0.25) is 0 Å². The van der Waals surface area contributed by atoms with Gasteiger partial charge in [-0.05, 0) is 42.1 Å². The van der Waals surface area contributed by atoms with Crippen molar-refractivity contribution in [3.05, 3.63) is 51.7 Å². The smallest absolute Gasteiger partial charge is 0.336 e. The molecule has 2 rings (SSSR count). The predicted molar refractivity (Wildman–Crippen MR) is 81.4 cm³/mol. The van der Waals surface area contributed by atoms with Crippen LogP contribution in [-0.2, 0) is 4.79 Å². The topological polar surface area (TPSA) is 59.3 Å². The van der Waals surface area contributed by atoms with Crippen LogP contribution in [0.1, 0.15) is 16.0 Å². The van der Waals surface area contributed by atoms with Gasteiger partial charge < -0.3 is 9.47 Å². The van der Waals surface area contributed by atoms with Gasteiger partial charge in [-0.25, -0.2) is 4.79 Å². The zero-order valence-corrected chi connectivity index (χ0v) is 12.4. The molecule has 4 nitrogen and oxygen atoms in total. The second-order valence-corrected chi connectivity index (χ2v) is 5.15. The van der Waals surface area contributed by atoms with Crippen molar-refractivity contribution >= 4 is 23.4 Å². The fourth-order valence-electron chi connectivity index (χ4n) is 1.66. The molecule has 0 aliphatic rings. The number of rotatable bonds is 4. The minimum absolute atomic E-state index is 0.286. The summed E-state index contributed by atoms with van der Waals surface area (Å²) in [5, 5.41) is 10.8. The van der Waals surface area contributed by atoms with E-state index in [2.05, 4.69) is 0 Å². The van der Waals surface area contributed by atoms with Crippen molar-refractivity contribution in [1.29, 1.82) is 5.26 Å². The van der Waals surface area contributed by atoms with Gasteiger partial charge in [-0.3, -0.25) is 0 Å². The van der Waals surface area contributed by atoms with Crippen molar-refractivity contribution < 1.29 is 14.3 Å². The maximum absolute atomic E-state index is 11.8. The zero-order chi connectivity index (χ0) is 15.2. The third-order valence-corrected chi connectivity index (χ3v) is 3.76. The predicted octanol–water partition coefficient (Wildman–Crippen LogP) is 3.56. The molecule has 2 aromatic rings. The lowest BCUT2D eigenvalue weighted by molar-refractivity contribution is -0.129. The molecular formula is C16H13NO3S. The fourth-order valence-corrected chi connectivity index (χ4v) is 2.48. The van der Waals surface area contributed by atoms with Crippen LogP contribution in [0.2, 0.25) is 0 Å². The number of carbonyl (C=O) groups is 1. The zero-order valence-electron chi connectivity index (χ0n) is 11.6. The average Bonchev–Trinajstić information content (AvgIpc) is 2.91. The molecule has 0 spiro atoms. The Hall–Kier alpha value is -2.58. The normalized spacial score (nSPS) is 10.3. The highest BCUT2D eigenvalue weighted by Gasteiger charge is 2.09. The first-order valence-corrected chi connectivity index (χ1v) is 7.04. The van der Waals surface area contributed by atoms with Gasteiger partial charge in [0.05, 0.1) is 18.7 Å². The van der Waals surface area contributed by atoms with Crippen LogP contribution in [0.15, 0.2) is 35.7 Å². The summed E-state index contributed by atoms with van der Waals surface area (Å²) in [5.74, 6) is 0.142. The van der Waals surface area contributed by atoms with E-state index < -0.39 is 5.97 Å². The summed E-state index contributed by atoms with van der Waals surface area (Å²) in [4.78, 5) is 12.8. The molecular weight excluding hydrogens is 286 g/mol. The Morgan fingerprint density at radius 2 is 2.14 bits per heavy atom. The molecule has 0 bridgehead atoms. The van der Waals surface area contributed by atoms with Gasteiger partial charge in [0.1, 0.15) is 0 Å². The van der Waals surface area contributed by atoms with Gasteiger partial charge in [0.15, 0.2) is 11.5 Å². The van der Waals surface area contributed by atoms with Crippen LogP contribution < -0.4 is 9.47 Å². The molecule has 0 N–H and O–H groups in total. The number of esters is 1. The van der Waals surface area contributed by atoms with Crippen molar-refractivity contribution in [2.75, 3.05) is 7.11 Å². The first-order valence-electron chi connectivity index (χ1n) is 6.16. The summed E-state index contributed by atoms with van der Waals surface area (Å²) >= 11 is 1.56. The van der Waals surface area contributed by atoms with Crippen molar-refractivity contribution in [2.24, 2.45) is 0 Å². The largest absolute Gasteiger partial charge is 0.493 e. The number of nitriles is 1. The molecule has 0 aliphatic heterocycles. The van der Waals surface area contributed by atoms with Gasteiger partial charge in [-0.2, -0.15) is 5.26 Å². The first kappa shape index (κ1) is 14.8. The highest BCUT2D eigenvalue weighted by molar-refractivity contribution is 7.11. The molecule has 0 saturated heterocycles. The van der Waals surface area contributed by atoms with Gasteiger partial charge >= 0.3 is 5.97 Å². The molecule has 106 valence electrons. The van der Waals surface area contributed by atoms with Gasteiger partial charge in [0, 0.05) is 17.0 Å². The third-order valence-electron chi connectivity index (χ3n) is 2.78. The fraction of sp³-hybridized carbons (Fsp3) is 0.125. The van der Waals surface area contributed by atoms with Gasteiger partial charge in [0.25, 0.3) is 0 Å².